The van der Waals surface area contributed by atoms with Crippen LogP contribution in [0.3, 0.4) is 0 Å². The van der Waals surface area contributed by atoms with Crippen molar-refractivity contribution >= 4 is 28.2 Å². The van der Waals surface area contributed by atoms with Gasteiger partial charge < -0.3 is 29.3 Å². The van der Waals surface area contributed by atoms with E-state index in [1.54, 1.807) is 0 Å². The van der Waals surface area contributed by atoms with Crippen molar-refractivity contribution < 1.29 is 29.3 Å². The van der Waals surface area contributed by atoms with Gasteiger partial charge >= 0.3 is 0 Å². The number of aliphatic hydroxyl groups is 2. The van der Waals surface area contributed by atoms with E-state index in [0.717, 1.165) is 90.2 Å². The van der Waals surface area contributed by atoms with Gasteiger partial charge in [-0.1, -0.05) is 151 Å². The number of aliphatic hydroxyl groups excluding tert-OH is 2. The summed E-state index contributed by atoms with van der Waals surface area (Å²) in [5.41, 5.74) is 2.83. The maximum atomic E-state index is 10.0. The maximum absolute atomic E-state index is 10.0. The Kier molecular flexibility index (Phi) is 20.7. The number of fused-ring (bicyclic) bond motifs is 3. The molecule has 0 aromatic heterocycles. The molecule has 1 saturated carbocycles. The molecule has 358 valence electrons. The standard InChI is InChI=1S/C57H83NO6S/c1-6-8-9-10-11-12-13-14-15-16-17-18-19-26-38-65-53-42-51(58-64-56(3,4)5)49-40-45(29-22-24-35-59)48(30-23-25-36-60)54-50-41-47(62-46-32-31-43-27-20-21-28-44(43)39-46)33-34-52(50)63-57(53,55(49)54)61-37-7-2/h7,20-21,27-28,31-34,39-41,45,48,53-55,59-60H,2,6,8-19,22-26,29-30,35-38,42H2,1,3-5H3. The van der Waals surface area contributed by atoms with E-state index in [1.165, 1.54) is 88.9 Å². The van der Waals surface area contributed by atoms with Crippen LogP contribution in [0.1, 0.15) is 174 Å². The summed E-state index contributed by atoms with van der Waals surface area (Å²) in [6.45, 7) is 13.3. The van der Waals surface area contributed by atoms with E-state index in [2.05, 4.69) is 88.9 Å². The average Bonchev–Trinajstić information content (AvgIpc) is 3.30. The molecule has 0 spiro atoms. The second-order valence-corrected chi connectivity index (χ2v) is 21.3. The van der Waals surface area contributed by atoms with E-state index >= 15 is 0 Å². The van der Waals surface area contributed by atoms with Crippen molar-refractivity contribution in [3.8, 4) is 17.2 Å². The van der Waals surface area contributed by atoms with Crippen LogP contribution in [0, 0.1) is 17.8 Å². The highest BCUT2D eigenvalue weighted by Crippen LogP contribution is 2.63. The fourth-order valence-electron chi connectivity index (χ4n) is 10.6. The quantitative estimate of drug-likeness (QED) is 0.0391. The average molecular weight is 910 g/mol. The van der Waals surface area contributed by atoms with Gasteiger partial charge in [0.05, 0.1) is 23.5 Å². The smallest absolute Gasteiger partial charge is 0.230 e. The third kappa shape index (κ3) is 14.4. The molecule has 65 heavy (non-hydrogen) atoms. The molecule has 2 N–H and O–H groups in total. The Bertz CT molecular complexity index is 1950. The number of oxime groups is 1. The summed E-state index contributed by atoms with van der Waals surface area (Å²) in [6.07, 6.45) is 29.1. The molecule has 1 heterocycles. The van der Waals surface area contributed by atoms with Gasteiger partial charge in [0.15, 0.2) is 0 Å². The fourth-order valence-corrected chi connectivity index (χ4v) is 12.0. The van der Waals surface area contributed by atoms with Crippen molar-refractivity contribution in [1.29, 1.82) is 0 Å². The molecule has 0 radical (unpaired) electrons. The summed E-state index contributed by atoms with van der Waals surface area (Å²) >= 11 is 1.98. The van der Waals surface area contributed by atoms with E-state index in [4.69, 9.17) is 24.2 Å². The lowest BCUT2D eigenvalue weighted by Gasteiger charge is -2.58. The molecular formula is C57H83NO6S. The van der Waals surface area contributed by atoms with Crippen LogP contribution in [0.25, 0.3) is 10.8 Å². The van der Waals surface area contributed by atoms with Crippen molar-refractivity contribution in [3.05, 3.63) is 90.5 Å². The summed E-state index contributed by atoms with van der Waals surface area (Å²) in [5, 5.41) is 27.2. The maximum Gasteiger partial charge on any atom is 0.230 e. The van der Waals surface area contributed by atoms with Crippen LogP contribution in [-0.2, 0) is 9.57 Å². The Morgan fingerprint density at radius 1 is 0.769 bits per heavy atom. The number of hydrogen-bond acceptors (Lipinski definition) is 8. The Morgan fingerprint density at radius 3 is 2.06 bits per heavy atom. The third-order valence-electron chi connectivity index (χ3n) is 13.8. The zero-order chi connectivity index (χ0) is 45.9. The predicted molar refractivity (Wildman–Crippen MR) is 273 cm³/mol. The van der Waals surface area contributed by atoms with Crippen LogP contribution in [0.5, 0.6) is 17.2 Å². The first-order chi connectivity index (χ1) is 31.7. The molecule has 6 atom stereocenters. The first-order valence-corrected chi connectivity index (χ1v) is 26.8. The molecule has 6 rings (SSSR count). The summed E-state index contributed by atoms with van der Waals surface area (Å²) < 4.78 is 21.3. The van der Waals surface area contributed by atoms with E-state index in [1.807, 2.05) is 30.0 Å². The largest absolute Gasteiger partial charge is 0.460 e. The zero-order valence-electron chi connectivity index (χ0n) is 40.6. The lowest BCUT2D eigenvalue weighted by atomic mass is 9.56. The van der Waals surface area contributed by atoms with Gasteiger partial charge in [-0.2, -0.15) is 11.8 Å². The monoisotopic (exact) mass is 910 g/mol. The van der Waals surface area contributed by atoms with Crippen LogP contribution in [0.15, 0.2) is 90.1 Å². The SMILES string of the molecule is C=CCOC12Oc3ccc(Oc4ccc5ccccc5c4)cc3C3C(CCCCO)C(CCCCO)C=C(C(=NOC(C)(C)C)CC1SCCCCCCCCCCCCCCCC)C32. The van der Waals surface area contributed by atoms with E-state index < -0.39 is 11.4 Å². The third-order valence-corrected chi connectivity index (χ3v) is 15.2. The van der Waals surface area contributed by atoms with Crippen molar-refractivity contribution in [3.63, 3.8) is 0 Å². The molecule has 0 amide bonds. The first kappa shape index (κ1) is 51.1. The van der Waals surface area contributed by atoms with Gasteiger partial charge in [-0.15, -0.1) is 6.58 Å². The Morgan fingerprint density at radius 2 is 1.40 bits per heavy atom. The minimum absolute atomic E-state index is 0.0193. The molecular weight excluding hydrogens is 827 g/mol. The highest BCUT2D eigenvalue weighted by atomic mass is 32.2. The number of nitrogens with zero attached hydrogens (tertiary/aromatic N) is 1. The number of thioether (sulfide) groups is 1. The van der Waals surface area contributed by atoms with E-state index in [0.29, 0.717) is 13.0 Å². The summed E-state index contributed by atoms with van der Waals surface area (Å²) in [6, 6.07) is 21.0. The van der Waals surface area contributed by atoms with Crippen LogP contribution in [0.2, 0.25) is 0 Å². The number of ether oxygens (including phenoxy) is 3. The summed E-state index contributed by atoms with van der Waals surface area (Å²) in [7, 11) is 0. The molecule has 3 aromatic carbocycles. The number of unbranched alkanes of at least 4 members (excludes halogenated alkanes) is 15. The van der Waals surface area contributed by atoms with E-state index in [-0.39, 0.29) is 42.1 Å². The van der Waals surface area contributed by atoms with Crippen molar-refractivity contribution in [2.24, 2.45) is 22.9 Å². The molecule has 3 aliphatic rings. The van der Waals surface area contributed by atoms with E-state index in [9.17, 15) is 10.2 Å². The fraction of sp³-hybridized carbons (Fsp3) is 0.632. The Balaban J connectivity index is 1.29. The van der Waals surface area contributed by atoms with Crippen LogP contribution < -0.4 is 9.47 Å². The topological polar surface area (TPSA) is 89.7 Å². The van der Waals surface area contributed by atoms with Gasteiger partial charge in [0.25, 0.3) is 0 Å². The lowest BCUT2D eigenvalue weighted by Crippen LogP contribution is -2.64. The molecule has 2 aliphatic carbocycles. The predicted octanol–water partition coefficient (Wildman–Crippen LogP) is 15.3. The van der Waals surface area contributed by atoms with Crippen LogP contribution in [0.4, 0.5) is 0 Å². The number of rotatable bonds is 30. The van der Waals surface area contributed by atoms with Crippen molar-refractivity contribution in [2.75, 3.05) is 25.6 Å². The van der Waals surface area contributed by atoms with Crippen LogP contribution >= 0.6 is 11.8 Å². The van der Waals surface area contributed by atoms with Gasteiger partial charge in [-0.25, -0.2) is 0 Å². The highest BCUT2D eigenvalue weighted by Gasteiger charge is 2.64. The molecule has 0 bridgehead atoms. The minimum Gasteiger partial charge on any atom is -0.460 e. The van der Waals surface area contributed by atoms with Gasteiger partial charge in [0.1, 0.15) is 22.8 Å². The molecule has 0 saturated heterocycles. The molecule has 3 aromatic rings. The second kappa shape index (κ2) is 26.3. The Hall–Kier alpha value is -3.30. The lowest BCUT2D eigenvalue weighted by molar-refractivity contribution is -0.223. The normalized spacial score (nSPS) is 23.1. The Labute approximate surface area is 397 Å². The number of allylic oxidation sites excluding steroid dienone is 1. The first-order valence-electron chi connectivity index (χ1n) is 25.8. The number of hydrogen-bond donors (Lipinski definition) is 2. The zero-order valence-corrected chi connectivity index (χ0v) is 41.4. The van der Waals surface area contributed by atoms with Crippen LogP contribution in [-0.4, -0.2) is 58.1 Å². The van der Waals surface area contributed by atoms with Crippen molar-refractivity contribution in [1.82, 2.24) is 0 Å². The molecule has 8 heteroatoms. The van der Waals surface area contributed by atoms with Gasteiger partial charge in [-0.05, 0) is 117 Å². The molecule has 1 fully saturated rings. The molecule has 6 unspecified atom stereocenters. The summed E-state index contributed by atoms with van der Waals surface area (Å²) in [5.74, 6) is 2.78. The van der Waals surface area contributed by atoms with Crippen molar-refractivity contribution in [2.45, 2.75) is 185 Å². The second-order valence-electron chi connectivity index (χ2n) is 20.0. The van der Waals surface area contributed by atoms with Gasteiger partial charge in [-0.3, -0.25) is 0 Å². The molecule has 1 aliphatic heterocycles. The molecule has 7 nitrogen and oxygen atoms in total. The van der Waals surface area contributed by atoms with Gasteiger partial charge in [0, 0.05) is 31.1 Å². The summed E-state index contributed by atoms with van der Waals surface area (Å²) in [4.78, 5) is 6.32. The number of benzene rings is 3. The van der Waals surface area contributed by atoms with Gasteiger partial charge in [0.2, 0.25) is 5.79 Å². The highest BCUT2D eigenvalue weighted by molar-refractivity contribution is 8.00. The minimum atomic E-state index is -0.967.